The molecule has 2 saturated heterocycles. The molecule has 1 aromatic carbocycles. The number of carbonyl (C=O) groups is 2. The van der Waals surface area contributed by atoms with E-state index in [9.17, 15) is 9.59 Å². The minimum atomic E-state index is -0.222. The van der Waals surface area contributed by atoms with Gasteiger partial charge in [-0.25, -0.2) is 4.79 Å². The van der Waals surface area contributed by atoms with Gasteiger partial charge < -0.3 is 20.9 Å². The first-order chi connectivity index (χ1) is 13.2. The molecule has 1 aromatic rings. The number of likely N-dealkylation sites (tertiary alicyclic amines) is 1. The number of amides is 3. The van der Waals surface area contributed by atoms with Crippen molar-refractivity contribution in [3.8, 4) is 0 Å². The van der Waals surface area contributed by atoms with E-state index in [4.69, 9.17) is 0 Å². The molecule has 0 bridgehead atoms. The molecule has 4 rings (SSSR count). The van der Waals surface area contributed by atoms with Gasteiger partial charge in [-0.3, -0.25) is 4.79 Å². The van der Waals surface area contributed by atoms with Gasteiger partial charge in [0.25, 0.3) is 0 Å². The summed E-state index contributed by atoms with van der Waals surface area (Å²) in [6.45, 7) is 3.93. The highest BCUT2D eigenvalue weighted by Gasteiger charge is 2.49. The number of fused-ring (bicyclic) bond motifs is 1. The van der Waals surface area contributed by atoms with Crippen molar-refractivity contribution in [3.63, 3.8) is 0 Å². The number of carbonyl (C=O) groups excluding carboxylic acids is 2. The zero-order chi connectivity index (χ0) is 18.7. The maximum atomic E-state index is 13.0. The standard InChI is InChI=1S/C21H30N4O2/c26-19(21-9-2-1-7-17(21)14-22-15-21)23-13-16-6-5-8-18(12-16)24-20(27)25-10-3-4-11-25/h5-6,8,12,17,22H,1-4,7,9-11,13-15H2,(H,23,26)(H,24,27)/t17-,21+/m0/s1. The fourth-order valence-electron chi connectivity index (χ4n) is 4.93. The van der Waals surface area contributed by atoms with Gasteiger partial charge in [-0.2, -0.15) is 0 Å². The van der Waals surface area contributed by atoms with Gasteiger partial charge in [0, 0.05) is 31.9 Å². The number of nitrogens with one attached hydrogen (secondary N) is 3. The van der Waals surface area contributed by atoms with Crippen LogP contribution >= 0.6 is 0 Å². The van der Waals surface area contributed by atoms with E-state index < -0.39 is 0 Å². The van der Waals surface area contributed by atoms with Crippen molar-refractivity contribution in [1.29, 1.82) is 0 Å². The molecule has 0 aromatic heterocycles. The second-order valence-electron chi connectivity index (χ2n) is 8.24. The summed E-state index contributed by atoms with van der Waals surface area (Å²) in [5, 5.41) is 9.57. The van der Waals surface area contributed by atoms with E-state index in [-0.39, 0.29) is 17.4 Å². The van der Waals surface area contributed by atoms with Crippen LogP contribution in [0.4, 0.5) is 10.5 Å². The zero-order valence-electron chi connectivity index (χ0n) is 15.9. The Labute approximate surface area is 161 Å². The molecule has 0 spiro atoms. The summed E-state index contributed by atoms with van der Waals surface area (Å²) >= 11 is 0. The van der Waals surface area contributed by atoms with Crippen LogP contribution in [0.2, 0.25) is 0 Å². The Balaban J connectivity index is 1.35. The number of anilines is 1. The van der Waals surface area contributed by atoms with E-state index in [2.05, 4.69) is 16.0 Å². The largest absolute Gasteiger partial charge is 0.351 e. The van der Waals surface area contributed by atoms with Gasteiger partial charge in [0.1, 0.15) is 0 Å². The van der Waals surface area contributed by atoms with Crippen molar-refractivity contribution < 1.29 is 9.59 Å². The molecule has 1 saturated carbocycles. The van der Waals surface area contributed by atoms with Gasteiger partial charge >= 0.3 is 6.03 Å². The summed E-state index contributed by atoms with van der Waals surface area (Å²) < 4.78 is 0. The second kappa shape index (κ2) is 7.89. The number of nitrogens with zero attached hydrogens (tertiary/aromatic N) is 1. The summed E-state index contributed by atoms with van der Waals surface area (Å²) in [5.41, 5.74) is 1.58. The molecule has 2 aliphatic heterocycles. The van der Waals surface area contributed by atoms with Crippen LogP contribution in [0.25, 0.3) is 0 Å². The smallest absolute Gasteiger partial charge is 0.321 e. The lowest BCUT2D eigenvalue weighted by molar-refractivity contribution is -0.134. The molecule has 27 heavy (non-hydrogen) atoms. The third kappa shape index (κ3) is 3.81. The summed E-state index contributed by atoms with van der Waals surface area (Å²) in [4.78, 5) is 27.1. The topological polar surface area (TPSA) is 73.5 Å². The van der Waals surface area contributed by atoms with Crippen molar-refractivity contribution >= 4 is 17.6 Å². The molecule has 6 heteroatoms. The zero-order valence-corrected chi connectivity index (χ0v) is 15.9. The summed E-state index contributed by atoms with van der Waals surface area (Å²) in [6, 6.07) is 7.75. The Morgan fingerprint density at radius 3 is 2.89 bits per heavy atom. The third-order valence-electron chi connectivity index (χ3n) is 6.51. The lowest BCUT2D eigenvalue weighted by atomic mass is 9.67. The molecule has 2 heterocycles. The molecule has 0 radical (unpaired) electrons. The fraction of sp³-hybridized carbons (Fsp3) is 0.619. The van der Waals surface area contributed by atoms with E-state index in [1.807, 2.05) is 29.2 Å². The maximum absolute atomic E-state index is 13.0. The van der Waals surface area contributed by atoms with Crippen molar-refractivity contribution in [3.05, 3.63) is 29.8 Å². The molecule has 3 N–H and O–H groups in total. The summed E-state index contributed by atoms with van der Waals surface area (Å²) in [6.07, 6.45) is 6.68. The minimum Gasteiger partial charge on any atom is -0.351 e. The van der Waals surface area contributed by atoms with E-state index in [0.29, 0.717) is 12.5 Å². The van der Waals surface area contributed by atoms with E-state index >= 15 is 0 Å². The molecule has 1 aliphatic carbocycles. The van der Waals surface area contributed by atoms with Crippen LogP contribution in [0, 0.1) is 11.3 Å². The molecular weight excluding hydrogens is 340 g/mol. The van der Waals surface area contributed by atoms with E-state index in [1.165, 1.54) is 6.42 Å². The Morgan fingerprint density at radius 2 is 2.04 bits per heavy atom. The summed E-state index contributed by atoms with van der Waals surface area (Å²) in [7, 11) is 0. The average Bonchev–Trinajstić information content (AvgIpc) is 3.36. The maximum Gasteiger partial charge on any atom is 0.321 e. The third-order valence-corrected chi connectivity index (χ3v) is 6.51. The van der Waals surface area contributed by atoms with Crippen LogP contribution in [-0.2, 0) is 11.3 Å². The monoisotopic (exact) mass is 370 g/mol. The highest BCUT2D eigenvalue weighted by Crippen LogP contribution is 2.43. The Morgan fingerprint density at radius 1 is 1.19 bits per heavy atom. The first kappa shape index (κ1) is 18.3. The minimum absolute atomic E-state index is 0.0327. The molecule has 2 atom stereocenters. The van der Waals surface area contributed by atoms with Crippen molar-refractivity contribution in [1.82, 2.24) is 15.5 Å². The highest BCUT2D eigenvalue weighted by molar-refractivity contribution is 5.89. The summed E-state index contributed by atoms with van der Waals surface area (Å²) in [5.74, 6) is 0.654. The van der Waals surface area contributed by atoms with Crippen molar-refractivity contribution in [2.45, 2.75) is 45.1 Å². The molecular formula is C21H30N4O2. The lowest BCUT2D eigenvalue weighted by Gasteiger charge is -2.37. The van der Waals surface area contributed by atoms with Gasteiger partial charge in [-0.15, -0.1) is 0 Å². The molecule has 0 unspecified atom stereocenters. The Kier molecular flexibility index (Phi) is 5.34. The van der Waals surface area contributed by atoms with Crippen LogP contribution in [-0.4, -0.2) is 43.0 Å². The molecule has 3 fully saturated rings. The Bertz CT molecular complexity index is 701. The predicted octanol–water partition coefficient (Wildman–Crippen LogP) is 2.71. The molecule has 6 nitrogen and oxygen atoms in total. The van der Waals surface area contributed by atoms with Crippen molar-refractivity contribution in [2.75, 3.05) is 31.5 Å². The van der Waals surface area contributed by atoms with E-state index in [0.717, 1.165) is 69.5 Å². The Hall–Kier alpha value is -2.08. The van der Waals surface area contributed by atoms with Crippen LogP contribution < -0.4 is 16.0 Å². The van der Waals surface area contributed by atoms with Crippen LogP contribution in [0.3, 0.4) is 0 Å². The van der Waals surface area contributed by atoms with Gasteiger partial charge in [0.05, 0.1) is 5.41 Å². The highest BCUT2D eigenvalue weighted by atomic mass is 16.2. The van der Waals surface area contributed by atoms with Crippen LogP contribution in [0.5, 0.6) is 0 Å². The fourth-order valence-corrected chi connectivity index (χ4v) is 4.93. The van der Waals surface area contributed by atoms with Crippen molar-refractivity contribution in [2.24, 2.45) is 11.3 Å². The molecule has 3 aliphatic rings. The van der Waals surface area contributed by atoms with E-state index in [1.54, 1.807) is 0 Å². The predicted molar refractivity (Wildman–Crippen MR) is 105 cm³/mol. The average molecular weight is 370 g/mol. The number of hydrogen-bond donors (Lipinski definition) is 3. The van der Waals surface area contributed by atoms with Gasteiger partial charge in [-0.05, 0) is 55.8 Å². The van der Waals surface area contributed by atoms with Crippen LogP contribution in [0.15, 0.2) is 24.3 Å². The second-order valence-corrected chi connectivity index (χ2v) is 8.24. The van der Waals surface area contributed by atoms with Gasteiger partial charge in [-0.1, -0.05) is 25.0 Å². The first-order valence-electron chi connectivity index (χ1n) is 10.3. The molecule has 146 valence electrons. The number of benzene rings is 1. The SMILES string of the molecule is O=C(Nc1cccc(CNC(=O)[C@@]23CCCC[C@H]2CNC3)c1)N1CCCC1. The van der Waals surface area contributed by atoms with Gasteiger partial charge in [0.2, 0.25) is 5.91 Å². The normalized spacial score (nSPS) is 27.3. The van der Waals surface area contributed by atoms with Gasteiger partial charge in [0.15, 0.2) is 0 Å². The number of rotatable bonds is 4. The number of urea groups is 1. The number of hydrogen-bond acceptors (Lipinski definition) is 3. The lowest BCUT2D eigenvalue weighted by Crippen LogP contribution is -2.47. The molecule has 3 amide bonds. The van der Waals surface area contributed by atoms with Crippen LogP contribution in [0.1, 0.15) is 44.1 Å². The quantitative estimate of drug-likeness (QED) is 0.763. The first-order valence-corrected chi connectivity index (χ1v) is 10.3.